The number of benzene rings is 2. The van der Waals surface area contributed by atoms with E-state index in [-0.39, 0.29) is 19.2 Å². The van der Waals surface area contributed by atoms with Crippen LogP contribution in [0, 0.1) is 18.3 Å². The molecule has 0 saturated carbocycles. The molecule has 2 heterocycles. The lowest BCUT2D eigenvalue weighted by Crippen LogP contribution is -2.33. The summed E-state index contributed by atoms with van der Waals surface area (Å²) in [5.41, 5.74) is 5.06. The predicted octanol–water partition coefficient (Wildman–Crippen LogP) is 4.64. The lowest BCUT2D eigenvalue weighted by molar-refractivity contribution is 0.174. The summed E-state index contributed by atoms with van der Waals surface area (Å²) < 4.78 is 11.0. The van der Waals surface area contributed by atoms with Gasteiger partial charge in [0.25, 0.3) is 0 Å². The molecule has 136 valence electrons. The Morgan fingerprint density at radius 1 is 1.11 bits per heavy atom. The van der Waals surface area contributed by atoms with Crippen molar-refractivity contribution in [2.45, 2.75) is 31.6 Å². The fourth-order valence-electron chi connectivity index (χ4n) is 4.24. The maximum absolute atomic E-state index is 10.0. The molecule has 0 amide bonds. The van der Waals surface area contributed by atoms with E-state index in [1.54, 1.807) is 0 Å². The molecule has 2 aliphatic rings. The van der Waals surface area contributed by atoms with E-state index in [1.807, 2.05) is 30.3 Å². The summed E-state index contributed by atoms with van der Waals surface area (Å²) in [6.45, 7) is 2.39. The van der Waals surface area contributed by atoms with Crippen molar-refractivity contribution >= 4 is 23.3 Å². The second kappa shape index (κ2) is 6.44. The molecule has 0 fully saturated rings. The Balaban J connectivity index is 0.00000180. The number of hydrogen-bond donors (Lipinski definition) is 0. The molecule has 0 radical (unpaired) electrons. The highest BCUT2D eigenvalue weighted by Gasteiger charge is 2.38. The third kappa shape index (κ3) is 2.62. The molecule has 27 heavy (non-hydrogen) atoms. The average molecular weight is 379 g/mol. The predicted molar refractivity (Wildman–Crippen MR) is 106 cm³/mol. The lowest BCUT2D eigenvalue weighted by Gasteiger charge is -2.33. The molecule has 2 aromatic carbocycles. The van der Waals surface area contributed by atoms with E-state index in [4.69, 9.17) is 14.5 Å². The summed E-state index contributed by atoms with van der Waals surface area (Å²) in [5.74, 6) is 1.53. The van der Waals surface area contributed by atoms with E-state index in [0.717, 1.165) is 46.5 Å². The normalized spacial score (nSPS) is 19.9. The molecule has 1 aliphatic carbocycles. The number of ether oxygens (including phenoxy) is 2. The van der Waals surface area contributed by atoms with Crippen molar-refractivity contribution < 1.29 is 9.47 Å². The minimum atomic E-state index is -0.481. The summed E-state index contributed by atoms with van der Waals surface area (Å²) in [7, 11) is 0. The van der Waals surface area contributed by atoms with Crippen molar-refractivity contribution in [3.8, 4) is 17.6 Å². The SMILES string of the molecule is Cc1c2c(nc3cc4c(cc13)OCO4)CCC(C#N)(c1ccccc1)C2.Cl. The Hall–Kier alpha value is -2.77. The Bertz CT molecular complexity index is 1080. The van der Waals surface area contributed by atoms with Crippen LogP contribution in [0.5, 0.6) is 11.5 Å². The monoisotopic (exact) mass is 378 g/mol. The zero-order valence-electron chi connectivity index (χ0n) is 15.0. The first-order valence-corrected chi connectivity index (χ1v) is 8.89. The maximum atomic E-state index is 10.0. The first kappa shape index (κ1) is 17.6. The van der Waals surface area contributed by atoms with Crippen molar-refractivity contribution in [3.63, 3.8) is 0 Å². The number of hydrogen-bond acceptors (Lipinski definition) is 4. The van der Waals surface area contributed by atoms with E-state index in [0.29, 0.717) is 6.42 Å². The van der Waals surface area contributed by atoms with Crippen LogP contribution in [0.15, 0.2) is 42.5 Å². The number of aryl methyl sites for hydroxylation is 2. The quantitative estimate of drug-likeness (QED) is 0.618. The van der Waals surface area contributed by atoms with Crippen LogP contribution in [0.25, 0.3) is 10.9 Å². The number of fused-ring (bicyclic) bond motifs is 3. The molecule has 0 spiro atoms. The number of rotatable bonds is 1. The summed E-state index contributed by atoms with van der Waals surface area (Å²) in [4.78, 5) is 4.90. The molecule has 1 atom stereocenters. The first-order valence-electron chi connectivity index (χ1n) is 8.89. The van der Waals surface area contributed by atoms with Gasteiger partial charge in [-0.15, -0.1) is 12.4 Å². The highest BCUT2D eigenvalue weighted by Crippen LogP contribution is 2.42. The number of aromatic nitrogens is 1. The zero-order chi connectivity index (χ0) is 17.7. The van der Waals surface area contributed by atoms with Crippen LogP contribution in [0.2, 0.25) is 0 Å². The van der Waals surface area contributed by atoms with Gasteiger partial charge in [0, 0.05) is 17.1 Å². The van der Waals surface area contributed by atoms with Gasteiger partial charge in [0.2, 0.25) is 6.79 Å². The zero-order valence-corrected chi connectivity index (χ0v) is 15.8. The highest BCUT2D eigenvalue weighted by atomic mass is 35.5. The summed E-state index contributed by atoms with van der Waals surface area (Å²) in [6.07, 6.45) is 2.30. The maximum Gasteiger partial charge on any atom is 0.231 e. The van der Waals surface area contributed by atoms with Gasteiger partial charge in [0.05, 0.1) is 17.0 Å². The summed E-state index contributed by atoms with van der Waals surface area (Å²) in [5, 5.41) is 11.1. The van der Waals surface area contributed by atoms with Crippen molar-refractivity contribution in [2.75, 3.05) is 6.79 Å². The van der Waals surface area contributed by atoms with Gasteiger partial charge in [-0.1, -0.05) is 30.3 Å². The van der Waals surface area contributed by atoms with Crippen molar-refractivity contribution in [3.05, 3.63) is 64.8 Å². The largest absolute Gasteiger partial charge is 0.454 e. The van der Waals surface area contributed by atoms with E-state index in [2.05, 4.69) is 25.1 Å². The van der Waals surface area contributed by atoms with Crippen LogP contribution in [-0.4, -0.2) is 11.8 Å². The van der Waals surface area contributed by atoms with Gasteiger partial charge in [0.15, 0.2) is 11.5 Å². The summed E-state index contributed by atoms with van der Waals surface area (Å²) in [6, 6.07) is 16.8. The van der Waals surface area contributed by atoms with E-state index in [1.165, 1.54) is 11.1 Å². The van der Waals surface area contributed by atoms with Crippen LogP contribution in [0.3, 0.4) is 0 Å². The Labute approximate surface area is 164 Å². The van der Waals surface area contributed by atoms with Gasteiger partial charge in [-0.3, -0.25) is 4.98 Å². The number of nitriles is 1. The molecule has 0 saturated heterocycles. The van der Waals surface area contributed by atoms with Gasteiger partial charge in [0.1, 0.15) is 0 Å². The second-order valence-corrected chi connectivity index (χ2v) is 7.12. The molecule has 1 aromatic heterocycles. The van der Waals surface area contributed by atoms with Gasteiger partial charge >= 0.3 is 0 Å². The van der Waals surface area contributed by atoms with E-state index >= 15 is 0 Å². The molecule has 1 unspecified atom stereocenters. The van der Waals surface area contributed by atoms with Crippen molar-refractivity contribution in [2.24, 2.45) is 0 Å². The molecular weight excluding hydrogens is 360 g/mol. The van der Waals surface area contributed by atoms with Gasteiger partial charge < -0.3 is 9.47 Å². The smallest absolute Gasteiger partial charge is 0.231 e. The molecule has 0 bridgehead atoms. The fraction of sp³-hybridized carbons (Fsp3) is 0.273. The van der Waals surface area contributed by atoms with Crippen LogP contribution < -0.4 is 9.47 Å². The van der Waals surface area contributed by atoms with Crippen LogP contribution in [0.4, 0.5) is 0 Å². The lowest BCUT2D eigenvalue weighted by atomic mass is 9.68. The fourth-order valence-corrected chi connectivity index (χ4v) is 4.24. The molecular formula is C22H19ClN2O2. The second-order valence-electron chi connectivity index (χ2n) is 7.12. The molecule has 1 aliphatic heterocycles. The molecule has 5 rings (SSSR count). The van der Waals surface area contributed by atoms with Gasteiger partial charge in [-0.05, 0) is 48.9 Å². The van der Waals surface area contributed by atoms with Gasteiger partial charge in [-0.25, -0.2) is 0 Å². The Kier molecular flexibility index (Phi) is 4.20. The Morgan fingerprint density at radius 2 is 1.85 bits per heavy atom. The highest BCUT2D eigenvalue weighted by molar-refractivity contribution is 5.87. The van der Waals surface area contributed by atoms with Crippen molar-refractivity contribution in [1.29, 1.82) is 5.26 Å². The minimum Gasteiger partial charge on any atom is -0.454 e. The van der Waals surface area contributed by atoms with Crippen LogP contribution in [-0.2, 0) is 18.3 Å². The summed E-state index contributed by atoms with van der Waals surface area (Å²) >= 11 is 0. The van der Waals surface area contributed by atoms with Crippen LogP contribution >= 0.6 is 12.4 Å². The third-order valence-electron chi connectivity index (χ3n) is 5.76. The topological polar surface area (TPSA) is 55.1 Å². The Morgan fingerprint density at radius 3 is 2.59 bits per heavy atom. The van der Waals surface area contributed by atoms with Crippen LogP contribution in [0.1, 0.15) is 28.8 Å². The average Bonchev–Trinajstić information content (AvgIpc) is 3.15. The molecule has 3 aromatic rings. The van der Waals surface area contributed by atoms with Gasteiger partial charge in [-0.2, -0.15) is 5.26 Å². The molecule has 0 N–H and O–H groups in total. The number of nitrogens with zero attached hydrogens (tertiary/aromatic N) is 2. The van der Waals surface area contributed by atoms with Crippen molar-refractivity contribution in [1.82, 2.24) is 4.98 Å². The standard InChI is InChI=1S/C22H18N2O2.ClH/c1-14-16-9-20-21(26-13-25-20)10-19(16)24-18-7-8-22(12-23,11-17(14)18)15-5-3-2-4-6-15;/h2-6,9-10H,7-8,11,13H2,1H3;1H. The molecule has 4 nitrogen and oxygen atoms in total. The first-order chi connectivity index (χ1) is 12.7. The third-order valence-corrected chi connectivity index (χ3v) is 5.76. The number of halogens is 1. The molecule has 5 heteroatoms. The number of pyridine rings is 1. The minimum absolute atomic E-state index is 0. The van der Waals surface area contributed by atoms with E-state index < -0.39 is 5.41 Å². The van der Waals surface area contributed by atoms with E-state index in [9.17, 15) is 5.26 Å².